The first-order chi connectivity index (χ1) is 16.0. The van der Waals surface area contributed by atoms with Crippen LogP contribution >= 0.6 is 0 Å². The van der Waals surface area contributed by atoms with E-state index in [2.05, 4.69) is 98.4 Å². The van der Waals surface area contributed by atoms with Gasteiger partial charge in [0.15, 0.2) is 0 Å². The first-order valence-electron chi connectivity index (χ1n) is 13.1. The summed E-state index contributed by atoms with van der Waals surface area (Å²) in [6.07, 6.45) is 9.94. The van der Waals surface area contributed by atoms with Gasteiger partial charge in [-0.05, 0) is 67.9 Å². The maximum atomic E-state index is 3.45. The molecule has 0 amide bonds. The fourth-order valence-electron chi connectivity index (χ4n) is 4.70. The molecule has 1 aliphatic rings. The van der Waals surface area contributed by atoms with Crippen LogP contribution in [0.25, 0.3) is 5.70 Å². The van der Waals surface area contributed by atoms with Crippen molar-refractivity contribution in [2.75, 3.05) is 37.4 Å². The highest BCUT2D eigenvalue weighted by Crippen LogP contribution is 2.36. The first kappa shape index (κ1) is 25.2. The average Bonchev–Trinajstić information content (AvgIpc) is 2.80. The van der Waals surface area contributed by atoms with Crippen LogP contribution < -0.4 is 10.2 Å². The summed E-state index contributed by atoms with van der Waals surface area (Å²) in [5.41, 5.74) is 8.01. The number of unbranched alkanes of at least 4 members (excludes halogenated alkanes) is 1. The third-order valence-electron chi connectivity index (χ3n) is 7.20. The summed E-state index contributed by atoms with van der Waals surface area (Å²) in [7, 11) is 4.26. The summed E-state index contributed by atoms with van der Waals surface area (Å²) < 4.78 is 0. The minimum absolute atomic E-state index is 0.314. The average molecular weight is 448 g/mol. The van der Waals surface area contributed by atoms with Gasteiger partial charge in [0, 0.05) is 49.8 Å². The molecule has 0 bridgehead atoms. The van der Waals surface area contributed by atoms with Gasteiger partial charge in [-0.2, -0.15) is 0 Å². The molecule has 1 heterocycles. The van der Waals surface area contributed by atoms with Gasteiger partial charge in [0.25, 0.3) is 0 Å². The fourth-order valence-corrected chi connectivity index (χ4v) is 4.70. The summed E-state index contributed by atoms with van der Waals surface area (Å²) in [5.74, 6) is 0.585. The zero-order valence-electron chi connectivity index (χ0n) is 21.8. The van der Waals surface area contributed by atoms with E-state index in [4.69, 9.17) is 0 Å². The summed E-state index contributed by atoms with van der Waals surface area (Å²) in [6.45, 7) is 11.5. The Labute approximate surface area is 202 Å². The van der Waals surface area contributed by atoms with Crippen molar-refractivity contribution in [3.8, 4) is 0 Å². The lowest BCUT2D eigenvalue weighted by atomic mass is 9.97. The minimum Gasteiger partial charge on any atom is -0.388 e. The maximum Gasteiger partial charge on any atom is 0.0511 e. The Kier molecular flexibility index (Phi) is 9.29. The van der Waals surface area contributed by atoms with Crippen molar-refractivity contribution in [2.45, 2.75) is 72.3 Å². The predicted molar refractivity (Wildman–Crippen MR) is 146 cm³/mol. The van der Waals surface area contributed by atoms with Gasteiger partial charge in [-0.15, -0.1) is 0 Å². The van der Waals surface area contributed by atoms with Crippen LogP contribution in [0, 0.1) is 5.92 Å². The Morgan fingerprint density at radius 3 is 2.36 bits per heavy atom. The van der Waals surface area contributed by atoms with Crippen molar-refractivity contribution in [2.24, 2.45) is 5.92 Å². The Morgan fingerprint density at radius 2 is 1.79 bits per heavy atom. The Hall–Kier alpha value is -2.42. The number of allylic oxidation sites excluding steroid dienone is 1. The fraction of sp³-hybridized carbons (Fsp3) is 0.533. The molecule has 2 unspecified atom stereocenters. The van der Waals surface area contributed by atoms with Crippen LogP contribution in [0.4, 0.5) is 11.4 Å². The normalized spacial score (nSPS) is 15.7. The molecule has 2 aromatic rings. The number of aryl methyl sites for hydroxylation is 1. The number of nitrogens with one attached hydrogen (secondary N) is 1. The van der Waals surface area contributed by atoms with Crippen molar-refractivity contribution in [1.82, 2.24) is 4.90 Å². The zero-order chi connectivity index (χ0) is 23.8. The van der Waals surface area contributed by atoms with Gasteiger partial charge in [-0.25, -0.2) is 0 Å². The van der Waals surface area contributed by atoms with E-state index in [-0.39, 0.29) is 0 Å². The van der Waals surface area contributed by atoms with Crippen LogP contribution in [-0.4, -0.2) is 32.1 Å². The highest BCUT2D eigenvalue weighted by atomic mass is 15.2. The molecule has 3 rings (SSSR count). The lowest BCUT2D eigenvalue weighted by Crippen LogP contribution is -2.36. The second-order valence-electron chi connectivity index (χ2n) is 9.77. The molecule has 0 saturated carbocycles. The molecule has 2 aromatic carbocycles. The predicted octanol–water partition coefficient (Wildman–Crippen LogP) is 7.75. The summed E-state index contributed by atoms with van der Waals surface area (Å²) in [5, 5.41) is 3.45. The molecule has 3 nitrogen and oxygen atoms in total. The summed E-state index contributed by atoms with van der Waals surface area (Å²) in [4.78, 5) is 4.96. The molecule has 1 saturated heterocycles. The van der Waals surface area contributed by atoms with E-state index in [0.717, 1.165) is 13.1 Å². The monoisotopic (exact) mass is 447 g/mol. The molecule has 0 aliphatic carbocycles. The van der Waals surface area contributed by atoms with E-state index in [1.807, 2.05) is 7.05 Å². The zero-order valence-corrected chi connectivity index (χ0v) is 21.8. The number of hydrogen-bond donors (Lipinski definition) is 1. The molecule has 180 valence electrons. The van der Waals surface area contributed by atoms with Gasteiger partial charge in [-0.3, -0.25) is 0 Å². The van der Waals surface area contributed by atoms with Crippen molar-refractivity contribution in [1.29, 1.82) is 0 Å². The molecular formula is C30H45N3. The third-order valence-corrected chi connectivity index (χ3v) is 7.20. The minimum atomic E-state index is 0.314. The van der Waals surface area contributed by atoms with Crippen molar-refractivity contribution in [3.05, 3.63) is 65.2 Å². The molecule has 1 fully saturated rings. The van der Waals surface area contributed by atoms with Crippen LogP contribution in [0.3, 0.4) is 0 Å². The third kappa shape index (κ3) is 6.34. The lowest BCUT2D eigenvalue weighted by Gasteiger charge is -2.37. The molecule has 1 N–H and O–H groups in total. The Bertz CT molecular complexity index is 895. The van der Waals surface area contributed by atoms with Crippen molar-refractivity contribution < 1.29 is 0 Å². The van der Waals surface area contributed by atoms with Gasteiger partial charge >= 0.3 is 0 Å². The van der Waals surface area contributed by atoms with Gasteiger partial charge < -0.3 is 15.1 Å². The van der Waals surface area contributed by atoms with Gasteiger partial charge in [0.1, 0.15) is 0 Å². The van der Waals surface area contributed by atoms with Crippen LogP contribution in [-0.2, 0) is 6.42 Å². The lowest BCUT2D eigenvalue weighted by molar-refractivity contribution is 0.280. The highest BCUT2D eigenvalue weighted by molar-refractivity contribution is 5.79. The number of benzene rings is 2. The van der Waals surface area contributed by atoms with Crippen molar-refractivity contribution in [3.63, 3.8) is 0 Å². The van der Waals surface area contributed by atoms with Crippen LogP contribution in [0.5, 0.6) is 0 Å². The Morgan fingerprint density at radius 1 is 1.06 bits per heavy atom. The summed E-state index contributed by atoms with van der Waals surface area (Å²) in [6, 6.07) is 16.5. The van der Waals surface area contributed by atoms with Gasteiger partial charge in [-0.1, -0.05) is 64.0 Å². The van der Waals surface area contributed by atoms with E-state index in [1.165, 1.54) is 72.3 Å². The SMILES string of the molecule is CCCCc1ccc(C(C)N(C)c2ccc(NC)c(/C(=C\C(C)CCC)N3CCC3)c2)cc1. The van der Waals surface area contributed by atoms with Gasteiger partial charge in [0.2, 0.25) is 0 Å². The second-order valence-corrected chi connectivity index (χ2v) is 9.77. The molecule has 0 aromatic heterocycles. The molecule has 2 atom stereocenters. The molecule has 0 spiro atoms. The molecule has 3 heteroatoms. The first-order valence-corrected chi connectivity index (χ1v) is 13.1. The van der Waals surface area contributed by atoms with Crippen molar-refractivity contribution >= 4 is 17.1 Å². The molecule has 33 heavy (non-hydrogen) atoms. The largest absolute Gasteiger partial charge is 0.388 e. The number of likely N-dealkylation sites (tertiary alicyclic amines) is 1. The molecular weight excluding hydrogens is 402 g/mol. The van der Waals surface area contributed by atoms with E-state index in [1.54, 1.807) is 0 Å². The summed E-state index contributed by atoms with van der Waals surface area (Å²) >= 11 is 0. The van der Waals surface area contributed by atoms with Gasteiger partial charge in [0.05, 0.1) is 6.04 Å². The van der Waals surface area contributed by atoms with E-state index in [0.29, 0.717) is 12.0 Å². The topological polar surface area (TPSA) is 18.5 Å². The number of nitrogens with zero attached hydrogens (tertiary/aromatic N) is 2. The second kappa shape index (κ2) is 12.2. The number of anilines is 2. The standard InChI is InChI=1S/C30H45N3/c1-7-9-12-25-13-15-26(16-14-25)24(4)32(6)27-17-18-29(31-5)28(22-27)30(33-19-10-20-33)21-23(3)11-8-2/h13-18,21-24,31H,7-12,19-20H2,1-6H3/b30-21+. The smallest absolute Gasteiger partial charge is 0.0511 e. The maximum absolute atomic E-state index is 3.45. The van der Waals surface area contributed by atoms with Crippen LogP contribution in [0.1, 0.15) is 82.5 Å². The quantitative estimate of drug-likeness (QED) is 0.359. The van der Waals surface area contributed by atoms with Crippen LogP contribution in [0.15, 0.2) is 48.5 Å². The van der Waals surface area contributed by atoms with Crippen LogP contribution in [0.2, 0.25) is 0 Å². The Balaban J connectivity index is 1.88. The van der Waals surface area contributed by atoms with E-state index in [9.17, 15) is 0 Å². The van der Waals surface area contributed by atoms with E-state index < -0.39 is 0 Å². The highest BCUT2D eigenvalue weighted by Gasteiger charge is 2.22. The van der Waals surface area contributed by atoms with E-state index >= 15 is 0 Å². The number of hydrogen-bond acceptors (Lipinski definition) is 3. The number of rotatable bonds is 12. The molecule has 1 aliphatic heterocycles. The molecule has 0 radical (unpaired) electrons.